The number of hydrazone groups is 1. The summed E-state index contributed by atoms with van der Waals surface area (Å²) in [5.74, 6) is -3.62. The number of phenols is 5. The maximum atomic E-state index is 11.9. The first-order valence-electron chi connectivity index (χ1n) is 6.51. The third kappa shape index (κ3) is 3.40. The normalized spacial score (nSPS) is 10.7. The fraction of sp³-hybridized carbons (Fsp3) is 0.0667. The van der Waals surface area contributed by atoms with Crippen LogP contribution in [0.25, 0.3) is 0 Å². The second kappa shape index (κ2) is 6.65. The molecule has 6 N–H and O–H groups in total. The van der Waals surface area contributed by atoms with Gasteiger partial charge in [0.15, 0.2) is 28.7 Å². The number of hydrogen-bond acceptors (Lipinski definition) is 8. The van der Waals surface area contributed by atoms with Crippen LogP contribution in [-0.2, 0) is 0 Å². The van der Waals surface area contributed by atoms with E-state index >= 15 is 0 Å². The van der Waals surface area contributed by atoms with Gasteiger partial charge in [-0.15, -0.1) is 0 Å². The molecule has 2 aromatic carbocycles. The quantitative estimate of drug-likeness (QED) is 0.277. The highest BCUT2D eigenvalue weighted by Crippen LogP contribution is 2.36. The molecule has 1 amide bonds. The number of ether oxygens (including phenoxy) is 1. The molecule has 0 unspecified atom stereocenters. The number of hydrogen-bond donors (Lipinski definition) is 6. The predicted octanol–water partition coefficient (Wildman–Crippen LogP) is 0.987. The SMILES string of the molecule is COc1cc(/C=N/NC(=O)c2cc(O)c(O)c(O)c2)cc(O)c1O. The summed E-state index contributed by atoms with van der Waals surface area (Å²) in [7, 11) is 1.31. The molecule has 0 fully saturated rings. The highest BCUT2D eigenvalue weighted by Gasteiger charge is 2.13. The van der Waals surface area contributed by atoms with Gasteiger partial charge < -0.3 is 30.3 Å². The van der Waals surface area contributed by atoms with Crippen molar-refractivity contribution in [3.63, 3.8) is 0 Å². The molecular weight excluding hydrogens is 320 g/mol. The fourth-order valence-corrected chi connectivity index (χ4v) is 1.81. The lowest BCUT2D eigenvalue weighted by Gasteiger charge is -2.06. The second-order valence-corrected chi connectivity index (χ2v) is 4.65. The number of rotatable bonds is 4. The van der Waals surface area contributed by atoms with Gasteiger partial charge in [0.2, 0.25) is 5.75 Å². The van der Waals surface area contributed by atoms with E-state index in [0.29, 0.717) is 5.56 Å². The summed E-state index contributed by atoms with van der Waals surface area (Å²) in [4.78, 5) is 11.9. The summed E-state index contributed by atoms with van der Waals surface area (Å²) < 4.78 is 4.86. The standard InChI is InChI=1S/C15H14N2O7/c1-24-12-3-7(2-9(18)14(12)22)6-16-17-15(23)8-4-10(19)13(21)11(20)5-8/h2-6,18-22H,1H3,(H,17,23)/b16-6+. The molecule has 0 spiro atoms. The van der Waals surface area contributed by atoms with Gasteiger partial charge in [-0.25, -0.2) is 5.43 Å². The van der Waals surface area contributed by atoms with Crippen molar-refractivity contribution in [2.45, 2.75) is 0 Å². The third-order valence-corrected chi connectivity index (χ3v) is 3.01. The Balaban J connectivity index is 2.14. The molecule has 9 heteroatoms. The van der Waals surface area contributed by atoms with Crippen LogP contribution in [0.3, 0.4) is 0 Å². The van der Waals surface area contributed by atoms with E-state index in [1.165, 1.54) is 25.5 Å². The minimum atomic E-state index is -0.758. The Morgan fingerprint density at radius 1 is 1.00 bits per heavy atom. The van der Waals surface area contributed by atoms with Crippen molar-refractivity contribution in [3.8, 4) is 34.5 Å². The second-order valence-electron chi connectivity index (χ2n) is 4.65. The Hall–Kier alpha value is -3.62. The number of amides is 1. The lowest BCUT2D eigenvalue weighted by atomic mass is 10.2. The molecule has 0 saturated heterocycles. The maximum absolute atomic E-state index is 11.9. The Morgan fingerprint density at radius 3 is 2.17 bits per heavy atom. The van der Waals surface area contributed by atoms with Crippen LogP contribution in [0.15, 0.2) is 29.4 Å². The number of carbonyl (C=O) groups is 1. The highest BCUT2D eigenvalue weighted by molar-refractivity contribution is 5.96. The van der Waals surface area contributed by atoms with Crippen LogP contribution in [-0.4, -0.2) is 44.8 Å². The van der Waals surface area contributed by atoms with E-state index in [4.69, 9.17) is 4.74 Å². The monoisotopic (exact) mass is 334 g/mol. The molecule has 0 aliphatic heterocycles. The summed E-state index contributed by atoms with van der Waals surface area (Å²) in [6.07, 6.45) is 1.18. The molecule has 0 bridgehead atoms. The third-order valence-electron chi connectivity index (χ3n) is 3.01. The van der Waals surface area contributed by atoms with Gasteiger partial charge in [0.1, 0.15) is 0 Å². The molecule has 9 nitrogen and oxygen atoms in total. The van der Waals surface area contributed by atoms with Gasteiger partial charge >= 0.3 is 0 Å². The van der Waals surface area contributed by atoms with E-state index in [9.17, 15) is 30.3 Å². The van der Waals surface area contributed by atoms with Crippen LogP contribution in [0.2, 0.25) is 0 Å². The molecule has 0 atom stereocenters. The lowest BCUT2D eigenvalue weighted by Crippen LogP contribution is -2.17. The summed E-state index contributed by atoms with van der Waals surface area (Å²) in [6.45, 7) is 0. The van der Waals surface area contributed by atoms with Crippen molar-refractivity contribution >= 4 is 12.1 Å². The largest absolute Gasteiger partial charge is 0.504 e. The number of phenolic OH excluding ortho intramolecular Hbond substituents is 5. The minimum absolute atomic E-state index is 0.0242. The first kappa shape index (κ1) is 16.7. The van der Waals surface area contributed by atoms with E-state index in [1.807, 2.05) is 0 Å². The zero-order chi connectivity index (χ0) is 17.9. The molecule has 0 aliphatic carbocycles. The first-order valence-corrected chi connectivity index (χ1v) is 6.51. The summed E-state index contributed by atoms with van der Waals surface area (Å²) in [5, 5.41) is 50.6. The smallest absolute Gasteiger partial charge is 0.271 e. The number of benzene rings is 2. The molecule has 2 aromatic rings. The van der Waals surface area contributed by atoms with Crippen molar-refractivity contribution in [1.29, 1.82) is 0 Å². The van der Waals surface area contributed by atoms with E-state index < -0.39 is 34.7 Å². The Morgan fingerprint density at radius 2 is 1.58 bits per heavy atom. The average molecular weight is 334 g/mol. The number of carbonyl (C=O) groups excluding carboxylic acids is 1. The van der Waals surface area contributed by atoms with Crippen LogP contribution >= 0.6 is 0 Å². The van der Waals surface area contributed by atoms with Crippen molar-refractivity contribution in [1.82, 2.24) is 5.43 Å². The molecule has 2 rings (SSSR count). The van der Waals surface area contributed by atoms with Crippen molar-refractivity contribution in [3.05, 3.63) is 35.4 Å². The Labute approximate surface area is 135 Å². The van der Waals surface area contributed by atoms with Crippen LogP contribution in [0, 0.1) is 0 Å². The average Bonchev–Trinajstić information content (AvgIpc) is 2.55. The molecule has 0 saturated carbocycles. The minimum Gasteiger partial charge on any atom is -0.504 e. The molecule has 126 valence electrons. The van der Waals surface area contributed by atoms with Crippen molar-refractivity contribution in [2.75, 3.05) is 7.11 Å². The molecule has 0 heterocycles. The zero-order valence-electron chi connectivity index (χ0n) is 12.4. The van der Waals surface area contributed by atoms with Gasteiger partial charge in [-0.3, -0.25) is 4.79 Å². The van der Waals surface area contributed by atoms with Gasteiger partial charge in [-0.1, -0.05) is 0 Å². The van der Waals surface area contributed by atoms with E-state index in [2.05, 4.69) is 10.5 Å². The van der Waals surface area contributed by atoms with Gasteiger partial charge in [-0.05, 0) is 24.3 Å². The fourth-order valence-electron chi connectivity index (χ4n) is 1.81. The van der Waals surface area contributed by atoms with Crippen molar-refractivity contribution < 1.29 is 35.1 Å². The lowest BCUT2D eigenvalue weighted by molar-refractivity contribution is 0.0954. The van der Waals surface area contributed by atoms with E-state index in [0.717, 1.165) is 12.1 Å². The molecule has 0 aromatic heterocycles. The summed E-state index contributed by atoms with van der Waals surface area (Å²) in [5.41, 5.74) is 2.33. The van der Waals surface area contributed by atoms with Gasteiger partial charge in [0, 0.05) is 11.1 Å². The van der Waals surface area contributed by atoms with Gasteiger partial charge in [0.05, 0.1) is 13.3 Å². The molecular formula is C15H14N2O7. The topological polar surface area (TPSA) is 152 Å². The predicted molar refractivity (Wildman–Crippen MR) is 82.8 cm³/mol. The molecule has 0 radical (unpaired) electrons. The number of aromatic hydroxyl groups is 5. The molecule has 0 aliphatic rings. The van der Waals surface area contributed by atoms with E-state index in [1.54, 1.807) is 0 Å². The van der Waals surface area contributed by atoms with Crippen molar-refractivity contribution in [2.24, 2.45) is 5.10 Å². The van der Waals surface area contributed by atoms with Crippen LogP contribution < -0.4 is 10.2 Å². The number of methoxy groups -OCH3 is 1. The summed E-state index contributed by atoms with van der Waals surface area (Å²) >= 11 is 0. The van der Waals surface area contributed by atoms with Crippen LogP contribution in [0.1, 0.15) is 15.9 Å². The number of nitrogens with one attached hydrogen (secondary N) is 1. The number of nitrogens with zero attached hydrogens (tertiary/aromatic N) is 1. The first-order chi connectivity index (χ1) is 11.3. The summed E-state index contributed by atoms with van der Waals surface area (Å²) in [6, 6.07) is 4.49. The Bertz CT molecular complexity index is 795. The van der Waals surface area contributed by atoms with Crippen LogP contribution in [0.4, 0.5) is 0 Å². The highest BCUT2D eigenvalue weighted by atomic mass is 16.5. The van der Waals surface area contributed by atoms with Gasteiger partial charge in [-0.2, -0.15) is 5.10 Å². The maximum Gasteiger partial charge on any atom is 0.271 e. The van der Waals surface area contributed by atoms with Crippen LogP contribution in [0.5, 0.6) is 34.5 Å². The van der Waals surface area contributed by atoms with E-state index in [-0.39, 0.29) is 11.3 Å². The zero-order valence-corrected chi connectivity index (χ0v) is 12.4. The molecule has 24 heavy (non-hydrogen) atoms. The Kier molecular flexibility index (Phi) is 4.64. The van der Waals surface area contributed by atoms with Gasteiger partial charge in [0.25, 0.3) is 5.91 Å².